The van der Waals surface area contributed by atoms with Gasteiger partial charge in [0.25, 0.3) is 11.6 Å². The van der Waals surface area contributed by atoms with Gasteiger partial charge < -0.3 is 10.2 Å². The third-order valence-corrected chi connectivity index (χ3v) is 3.78. The van der Waals surface area contributed by atoms with Gasteiger partial charge >= 0.3 is 0 Å². The van der Waals surface area contributed by atoms with E-state index in [1.807, 2.05) is 0 Å². The first kappa shape index (κ1) is 17.7. The van der Waals surface area contributed by atoms with E-state index in [1.165, 1.54) is 37.4 Å². The molecule has 2 rings (SSSR count). The molecule has 0 aliphatic heterocycles. The number of carbonyl (C=O) groups excluding carboxylic acids is 1. The number of benzene rings is 2. The number of nitro groups is 1. The van der Waals surface area contributed by atoms with Crippen LogP contribution >= 0.6 is 11.6 Å². The molecule has 1 amide bonds. The van der Waals surface area contributed by atoms with Crippen LogP contribution in [0.25, 0.3) is 0 Å². The molecule has 0 saturated heterocycles. The Morgan fingerprint density at radius 2 is 2.04 bits per heavy atom. The van der Waals surface area contributed by atoms with Crippen LogP contribution in [0.5, 0.6) is 0 Å². The quantitative estimate of drug-likeness (QED) is 0.662. The molecule has 0 aliphatic carbocycles. The van der Waals surface area contributed by atoms with Crippen molar-refractivity contribution in [3.63, 3.8) is 0 Å². The molecular weight excluding hydrogens is 337 g/mol. The summed E-state index contributed by atoms with van der Waals surface area (Å²) in [5.41, 5.74) is 0.930. The number of halogens is 2. The van der Waals surface area contributed by atoms with Crippen molar-refractivity contribution < 1.29 is 14.1 Å². The van der Waals surface area contributed by atoms with Gasteiger partial charge in [0.2, 0.25) is 0 Å². The number of rotatable bonds is 5. The second kappa shape index (κ2) is 7.27. The largest absolute Gasteiger partial charge is 0.365 e. The number of nitrogens with zero attached hydrogens (tertiary/aromatic N) is 2. The van der Waals surface area contributed by atoms with Crippen LogP contribution in [0.4, 0.5) is 15.8 Å². The lowest BCUT2D eigenvalue weighted by atomic mass is 10.1. The predicted molar refractivity (Wildman–Crippen MR) is 90.0 cm³/mol. The lowest BCUT2D eigenvalue weighted by Gasteiger charge is -2.20. The summed E-state index contributed by atoms with van der Waals surface area (Å²) in [6, 6.07) is 8.57. The third-order valence-electron chi connectivity index (χ3n) is 3.48. The van der Waals surface area contributed by atoms with Crippen molar-refractivity contribution in [2.75, 3.05) is 19.0 Å². The van der Waals surface area contributed by atoms with E-state index in [0.717, 1.165) is 0 Å². The van der Waals surface area contributed by atoms with Gasteiger partial charge in [0.1, 0.15) is 11.5 Å². The van der Waals surface area contributed by atoms with E-state index < -0.39 is 16.6 Å². The summed E-state index contributed by atoms with van der Waals surface area (Å²) in [4.78, 5) is 24.0. The van der Waals surface area contributed by atoms with E-state index >= 15 is 0 Å². The highest BCUT2D eigenvalue weighted by Gasteiger charge is 2.20. The van der Waals surface area contributed by atoms with Gasteiger partial charge in [-0.2, -0.15) is 0 Å². The van der Waals surface area contributed by atoms with Gasteiger partial charge in [-0.05, 0) is 29.8 Å². The fourth-order valence-electron chi connectivity index (χ4n) is 2.28. The van der Waals surface area contributed by atoms with Crippen molar-refractivity contribution in [1.29, 1.82) is 0 Å². The van der Waals surface area contributed by atoms with Gasteiger partial charge in [-0.15, -0.1) is 0 Å². The van der Waals surface area contributed by atoms with Crippen LogP contribution in [0.3, 0.4) is 0 Å². The molecule has 24 heavy (non-hydrogen) atoms. The summed E-state index contributed by atoms with van der Waals surface area (Å²) < 4.78 is 13.5. The maximum atomic E-state index is 13.5. The smallest absolute Gasteiger partial charge is 0.293 e. The highest BCUT2D eigenvalue weighted by molar-refractivity contribution is 6.30. The first-order valence-electron chi connectivity index (χ1n) is 6.99. The van der Waals surface area contributed by atoms with E-state index in [-0.39, 0.29) is 22.8 Å². The minimum Gasteiger partial charge on any atom is -0.365 e. The summed E-state index contributed by atoms with van der Waals surface area (Å²) >= 11 is 5.65. The molecule has 2 aromatic carbocycles. The second-order valence-corrected chi connectivity index (χ2v) is 5.55. The number of hydrogen-bond acceptors (Lipinski definition) is 4. The molecule has 0 radical (unpaired) electrons. The maximum Gasteiger partial charge on any atom is 0.293 e. The number of carbonyl (C=O) groups is 1. The first-order valence-corrected chi connectivity index (χ1v) is 7.37. The number of hydrogen-bond donors (Lipinski definition) is 1. The van der Waals surface area contributed by atoms with Crippen molar-refractivity contribution in [1.82, 2.24) is 5.32 Å². The minimum absolute atomic E-state index is 0.0160. The number of anilines is 1. The van der Waals surface area contributed by atoms with E-state index in [0.29, 0.717) is 11.3 Å². The summed E-state index contributed by atoms with van der Waals surface area (Å²) in [6.45, 7) is 0.244. The molecule has 0 unspecified atom stereocenters. The van der Waals surface area contributed by atoms with Gasteiger partial charge in [-0.25, -0.2) is 4.39 Å². The van der Waals surface area contributed by atoms with Crippen LogP contribution in [0, 0.1) is 15.9 Å². The third kappa shape index (κ3) is 3.80. The lowest BCUT2D eigenvalue weighted by Crippen LogP contribution is -2.20. The Bertz CT molecular complexity index is 798. The lowest BCUT2D eigenvalue weighted by molar-refractivity contribution is -0.384. The average molecular weight is 352 g/mol. The molecule has 0 fully saturated rings. The summed E-state index contributed by atoms with van der Waals surface area (Å²) in [5.74, 6) is -0.959. The zero-order chi connectivity index (χ0) is 17.9. The Morgan fingerprint density at radius 3 is 2.62 bits per heavy atom. The first-order chi connectivity index (χ1) is 11.3. The molecule has 8 heteroatoms. The van der Waals surface area contributed by atoms with Gasteiger partial charge in [-0.3, -0.25) is 14.9 Å². The molecule has 0 bridgehead atoms. The van der Waals surface area contributed by atoms with Crippen molar-refractivity contribution in [2.24, 2.45) is 0 Å². The number of amides is 1. The van der Waals surface area contributed by atoms with Crippen LogP contribution in [-0.4, -0.2) is 24.9 Å². The molecule has 126 valence electrons. The highest BCUT2D eigenvalue weighted by Crippen LogP contribution is 2.30. The van der Waals surface area contributed by atoms with Crippen molar-refractivity contribution in [2.45, 2.75) is 6.54 Å². The number of nitrogens with one attached hydrogen (secondary N) is 1. The molecule has 0 atom stereocenters. The molecule has 1 N–H and O–H groups in total. The topological polar surface area (TPSA) is 75.5 Å². The molecule has 0 saturated carbocycles. The Morgan fingerprint density at radius 1 is 1.33 bits per heavy atom. The Balaban J connectivity index is 2.33. The van der Waals surface area contributed by atoms with Crippen LogP contribution in [-0.2, 0) is 6.54 Å². The van der Waals surface area contributed by atoms with E-state index in [4.69, 9.17) is 11.6 Å². The van der Waals surface area contributed by atoms with Gasteiger partial charge in [0, 0.05) is 32.3 Å². The summed E-state index contributed by atoms with van der Waals surface area (Å²) in [6.07, 6.45) is 0. The maximum absolute atomic E-state index is 13.5. The Hall–Kier alpha value is -2.67. The molecule has 0 aromatic heterocycles. The standard InChI is InChI=1S/C16H15ClFN3O3/c1-19-16(22)11-4-6-14(15(8-11)21(23)24)20(2)9-10-3-5-12(17)13(18)7-10/h3-8H,9H2,1-2H3,(H,19,22). The summed E-state index contributed by atoms with van der Waals surface area (Å²) in [7, 11) is 3.09. The normalized spacial score (nSPS) is 10.3. The average Bonchev–Trinajstić information content (AvgIpc) is 2.56. The van der Waals surface area contributed by atoms with E-state index in [2.05, 4.69) is 5.32 Å². The van der Waals surface area contributed by atoms with E-state index in [1.54, 1.807) is 18.0 Å². The van der Waals surface area contributed by atoms with Crippen LogP contribution in [0.15, 0.2) is 36.4 Å². The van der Waals surface area contributed by atoms with Crippen LogP contribution in [0.2, 0.25) is 5.02 Å². The van der Waals surface area contributed by atoms with Crippen molar-refractivity contribution in [3.05, 3.63) is 68.5 Å². The Kier molecular flexibility index (Phi) is 5.35. The molecule has 6 nitrogen and oxygen atoms in total. The summed E-state index contributed by atoms with van der Waals surface area (Å²) in [5, 5.41) is 13.7. The predicted octanol–water partition coefficient (Wildman–Crippen LogP) is 3.38. The molecule has 2 aromatic rings. The highest BCUT2D eigenvalue weighted by atomic mass is 35.5. The zero-order valence-electron chi connectivity index (χ0n) is 13.0. The number of nitro benzene ring substituents is 1. The molecule has 0 heterocycles. The second-order valence-electron chi connectivity index (χ2n) is 5.14. The van der Waals surface area contributed by atoms with E-state index in [9.17, 15) is 19.3 Å². The van der Waals surface area contributed by atoms with Gasteiger partial charge in [0.05, 0.1) is 9.95 Å². The van der Waals surface area contributed by atoms with Gasteiger partial charge in [0.15, 0.2) is 0 Å². The van der Waals surface area contributed by atoms with Gasteiger partial charge in [-0.1, -0.05) is 17.7 Å². The zero-order valence-corrected chi connectivity index (χ0v) is 13.8. The molecule has 0 spiro atoms. The molecule has 0 aliphatic rings. The fourth-order valence-corrected chi connectivity index (χ4v) is 2.39. The monoisotopic (exact) mass is 351 g/mol. The SMILES string of the molecule is CNC(=O)c1ccc(N(C)Cc2ccc(Cl)c(F)c2)c([N+](=O)[O-])c1. The van der Waals surface area contributed by atoms with Crippen molar-refractivity contribution >= 4 is 28.9 Å². The van der Waals surface area contributed by atoms with Crippen molar-refractivity contribution in [3.8, 4) is 0 Å². The Labute approximate surface area is 143 Å². The van der Waals surface area contributed by atoms with Crippen LogP contribution < -0.4 is 10.2 Å². The van der Waals surface area contributed by atoms with Crippen LogP contribution in [0.1, 0.15) is 15.9 Å². The minimum atomic E-state index is -0.555. The fraction of sp³-hybridized carbons (Fsp3) is 0.188. The molecular formula is C16H15ClFN3O3.